The number of hydrogen-bond donors (Lipinski definition) is 2. The molecule has 0 saturated carbocycles. The number of ether oxygens (including phenoxy) is 1. The maximum atomic E-state index is 11.8. The highest BCUT2D eigenvalue weighted by Gasteiger charge is 2.06. The van der Waals surface area contributed by atoms with Gasteiger partial charge in [-0.25, -0.2) is 9.78 Å². The zero-order chi connectivity index (χ0) is 18.2. The van der Waals surface area contributed by atoms with E-state index in [4.69, 9.17) is 4.74 Å². The Morgan fingerprint density at radius 3 is 2.85 bits per heavy atom. The summed E-state index contributed by atoms with van der Waals surface area (Å²) in [6.45, 7) is 1.02. The Morgan fingerprint density at radius 1 is 1.19 bits per heavy atom. The molecule has 3 rings (SSSR count). The second-order valence-corrected chi connectivity index (χ2v) is 6.57. The third kappa shape index (κ3) is 5.32. The molecule has 7 nitrogen and oxygen atoms in total. The highest BCUT2D eigenvalue weighted by molar-refractivity contribution is 7.15. The van der Waals surface area contributed by atoms with E-state index in [-0.39, 0.29) is 12.5 Å². The van der Waals surface area contributed by atoms with Gasteiger partial charge in [-0.1, -0.05) is 30.3 Å². The average Bonchev–Trinajstić information content (AvgIpc) is 3.24. The van der Waals surface area contributed by atoms with Gasteiger partial charge in [-0.15, -0.1) is 11.3 Å². The topological polar surface area (TPSA) is 84.7 Å². The Morgan fingerprint density at radius 2 is 2.04 bits per heavy atom. The molecule has 2 heterocycles. The second kappa shape index (κ2) is 9.00. The molecule has 0 aliphatic heterocycles. The highest BCUT2D eigenvalue weighted by atomic mass is 32.1. The van der Waals surface area contributed by atoms with Gasteiger partial charge in [0, 0.05) is 30.7 Å². The normalized spacial score (nSPS) is 10.6. The molecule has 0 fully saturated rings. The van der Waals surface area contributed by atoms with Gasteiger partial charge in [0.15, 0.2) is 4.96 Å². The Balaban J connectivity index is 1.26. The van der Waals surface area contributed by atoms with Crippen LogP contribution in [-0.2, 0) is 22.7 Å². The molecule has 8 heteroatoms. The van der Waals surface area contributed by atoms with Gasteiger partial charge in [0.1, 0.15) is 6.61 Å². The van der Waals surface area contributed by atoms with Crippen LogP contribution in [0.2, 0.25) is 0 Å². The third-order valence-electron chi connectivity index (χ3n) is 3.67. The standard InChI is InChI=1S/C18H20N4O3S/c23-16(20-11-15-12-22-9-10-26-17(22)21-15)7-4-8-19-18(24)25-13-14-5-2-1-3-6-14/h1-3,5-6,9-10,12H,4,7-8,11,13H2,(H,19,24)(H,20,23). The summed E-state index contributed by atoms with van der Waals surface area (Å²) in [4.78, 5) is 28.7. The minimum absolute atomic E-state index is 0.0687. The lowest BCUT2D eigenvalue weighted by Gasteiger charge is -2.07. The number of aromatic nitrogens is 2. The first kappa shape index (κ1) is 17.9. The number of imidazole rings is 1. The van der Waals surface area contributed by atoms with E-state index in [1.165, 1.54) is 0 Å². The summed E-state index contributed by atoms with van der Waals surface area (Å²) < 4.78 is 7.03. The fourth-order valence-electron chi connectivity index (χ4n) is 2.35. The lowest BCUT2D eigenvalue weighted by Crippen LogP contribution is -2.27. The summed E-state index contributed by atoms with van der Waals surface area (Å²) in [5.41, 5.74) is 1.76. The maximum absolute atomic E-state index is 11.8. The number of rotatable bonds is 8. The van der Waals surface area contributed by atoms with Crippen molar-refractivity contribution >= 4 is 28.3 Å². The largest absolute Gasteiger partial charge is 0.445 e. The van der Waals surface area contributed by atoms with E-state index in [2.05, 4.69) is 15.6 Å². The Bertz CT molecular complexity index is 831. The minimum atomic E-state index is -0.479. The van der Waals surface area contributed by atoms with Crippen molar-refractivity contribution < 1.29 is 14.3 Å². The molecular weight excluding hydrogens is 352 g/mol. The summed E-state index contributed by atoms with van der Waals surface area (Å²) in [6.07, 6.45) is 4.23. The number of carbonyl (C=O) groups is 2. The second-order valence-electron chi connectivity index (χ2n) is 5.69. The molecule has 0 unspecified atom stereocenters. The van der Waals surface area contributed by atoms with E-state index in [0.29, 0.717) is 25.9 Å². The molecule has 136 valence electrons. The smallest absolute Gasteiger partial charge is 0.407 e. The lowest BCUT2D eigenvalue weighted by molar-refractivity contribution is -0.121. The molecule has 3 aromatic rings. The fraction of sp³-hybridized carbons (Fsp3) is 0.278. The van der Waals surface area contributed by atoms with Crippen LogP contribution in [0.15, 0.2) is 48.1 Å². The van der Waals surface area contributed by atoms with Crippen LogP contribution < -0.4 is 10.6 Å². The van der Waals surface area contributed by atoms with Crippen molar-refractivity contribution in [2.24, 2.45) is 0 Å². The van der Waals surface area contributed by atoms with Crippen LogP contribution in [0.4, 0.5) is 4.79 Å². The first-order valence-corrected chi connectivity index (χ1v) is 9.21. The quantitative estimate of drug-likeness (QED) is 0.596. The highest BCUT2D eigenvalue weighted by Crippen LogP contribution is 2.11. The summed E-state index contributed by atoms with van der Waals surface area (Å²) in [5.74, 6) is -0.0687. The Labute approximate surface area is 155 Å². The summed E-state index contributed by atoms with van der Waals surface area (Å²) in [5, 5.41) is 7.43. The monoisotopic (exact) mass is 372 g/mol. The van der Waals surface area contributed by atoms with Crippen LogP contribution in [0.5, 0.6) is 0 Å². The van der Waals surface area contributed by atoms with Gasteiger partial charge in [0.05, 0.1) is 12.2 Å². The van der Waals surface area contributed by atoms with Crippen LogP contribution >= 0.6 is 11.3 Å². The average molecular weight is 372 g/mol. The third-order valence-corrected chi connectivity index (χ3v) is 4.44. The first-order valence-electron chi connectivity index (χ1n) is 8.33. The molecule has 0 radical (unpaired) electrons. The SMILES string of the molecule is O=C(CCCNC(=O)OCc1ccccc1)NCc1cn2ccsc2n1. The minimum Gasteiger partial charge on any atom is -0.445 e. The maximum Gasteiger partial charge on any atom is 0.407 e. The molecule has 2 amide bonds. The van der Waals surface area contributed by atoms with Gasteiger partial charge in [-0.2, -0.15) is 0 Å². The summed E-state index contributed by atoms with van der Waals surface area (Å²) in [6, 6.07) is 9.47. The van der Waals surface area contributed by atoms with Crippen molar-refractivity contribution in [1.82, 2.24) is 20.0 Å². The molecular formula is C18H20N4O3S. The van der Waals surface area contributed by atoms with Gasteiger partial charge in [0.25, 0.3) is 0 Å². The molecule has 26 heavy (non-hydrogen) atoms. The van der Waals surface area contributed by atoms with E-state index in [0.717, 1.165) is 16.2 Å². The fourth-order valence-corrected chi connectivity index (χ4v) is 3.07. The van der Waals surface area contributed by atoms with Crippen molar-refractivity contribution in [3.8, 4) is 0 Å². The van der Waals surface area contributed by atoms with Crippen LogP contribution in [0.1, 0.15) is 24.1 Å². The molecule has 0 aliphatic rings. The van der Waals surface area contributed by atoms with Gasteiger partial charge in [0.2, 0.25) is 5.91 Å². The molecule has 0 saturated heterocycles. The molecule has 0 atom stereocenters. The molecule has 0 bridgehead atoms. The van der Waals surface area contributed by atoms with Gasteiger partial charge >= 0.3 is 6.09 Å². The summed E-state index contributed by atoms with van der Waals surface area (Å²) in [7, 11) is 0. The first-order chi connectivity index (χ1) is 12.7. The number of amides is 2. The molecule has 1 aromatic carbocycles. The van der Waals surface area contributed by atoms with E-state index < -0.39 is 6.09 Å². The summed E-state index contributed by atoms with van der Waals surface area (Å²) >= 11 is 1.55. The molecule has 2 N–H and O–H groups in total. The van der Waals surface area contributed by atoms with Crippen molar-refractivity contribution in [2.45, 2.75) is 26.0 Å². The van der Waals surface area contributed by atoms with Crippen LogP contribution in [-0.4, -0.2) is 27.9 Å². The van der Waals surface area contributed by atoms with Crippen molar-refractivity contribution in [1.29, 1.82) is 0 Å². The number of hydrogen-bond acceptors (Lipinski definition) is 5. The number of alkyl carbamates (subject to hydrolysis) is 1. The van der Waals surface area contributed by atoms with Gasteiger partial charge < -0.3 is 15.4 Å². The Hall–Kier alpha value is -2.87. The van der Waals surface area contributed by atoms with E-state index >= 15 is 0 Å². The van der Waals surface area contributed by atoms with Gasteiger partial charge in [-0.05, 0) is 12.0 Å². The van der Waals surface area contributed by atoms with E-state index in [1.807, 2.05) is 52.5 Å². The molecule has 2 aromatic heterocycles. The predicted molar refractivity (Wildman–Crippen MR) is 98.8 cm³/mol. The van der Waals surface area contributed by atoms with Crippen LogP contribution in [0.3, 0.4) is 0 Å². The Kier molecular flexibility index (Phi) is 6.21. The van der Waals surface area contributed by atoms with Crippen molar-refractivity contribution in [3.05, 3.63) is 59.4 Å². The van der Waals surface area contributed by atoms with Crippen molar-refractivity contribution in [2.75, 3.05) is 6.54 Å². The number of carbonyl (C=O) groups excluding carboxylic acids is 2. The molecule has 0 aliphatic carbocycles. The van der Waals surface area contributed by atoms with Crippen molar-refractivity contribution in [3.63, 3.8) is 0 Å². The number of thiazole rings is 1. The lowest BCUT2D eigenvalue weighted by atomic mass is 10.2. The molecule has 0 spiro atoms. The van der Waals surface area contributed by atoms with Gasteiger partial charge in [-0.3, -0.25) is 9.20 Å². The predicted octanol–water partition coefficient (Wildman–Crippen LogP) is 2.72. The number of fused-ring (bicyclic) bond motifs is 1. The van der Waals surface area contributed by atoms with Crippen LogP contribution in [0.25, 0.3) is 4.96 Å². The van der Waals surface area contributed by atoms with E-state index in [9.17, 15) is 9.59 Å². The van der Waals surface area contributed by atoms with E-state index in [1.54, 1.807) is 11.3 Å². The number of nitrogens with zero attached hydrogens (tertiary/aromatic N) is 2. The zero-order valence-electron chi connectivity index (χ0n) is 14.2. The van der Waals surface area contributed by atoms with Crippen LogP contribution in [0, 0.1) is 0 Å². The number of nitrogens with one attached hydrogen (secondary N) is 2. The zero-order valence-corrected chi connectivity index (χ0v) is 15.0. The number of benzene rings is 1.